The first-order valence-corrected chi connectivity index (χ1v) is 20.3. The predicted octanol–water partition coefficient (Wildman–Crippen LogP) is 14.3. The van der Waals surface area contributed by atoms with Gasteiger partial charge in [0.05, 0.1) is 16.7 Å². The summed E-state index contributed by atoms with van der Waals surface area (Å²) in [4.78, 5) is 15.8. The Morgan fingerprint density at radius 1 is 0.345 bits per heavy atom. The molecule has 5 heteroatoms. The summed E-state index contributed by atoms with van der Waals surface area (Å²) < 4.78 is 4.84. The van der Waals surface area contributed by atoms with Crippen LogP contribution in [0.3, 0.4) is 0 Å². The third-order valence-corrected chi connectivity index (χ3v) is 12.7. The van der Waals surface area contributed by atoms with E-state index in [0.717, 1.165) is 38.7 Å². The maximum absolute atomic E-state index is 5.34. The Kier molecular flexibility index (Phi) is 7.37. The number of hydrogen-bond donors (Lipinski definition) is 0. The standard InChI is InChI=1S/C53H32N4S/c1-2-13-33(14-3-1)34-25-27-35(28-26-34)51-54-52(56-53(55-51)44-22-12-21-42-41-20-9-11-24-49(41)58-50(42)44)43-29-30-47(39-18-7-6-17-38(39)43)57-46-23-10-8-19-40(46)45-31-36-15-4-5-16-37(36)32-48(45)57/h1-32H. The molecule has 0 N–H and O–H groups in total. The molecule has 0 atom stereocenters. The first kappa shape index (κ1) is 32.7. The number of hydrogen-bond acceptors (Lipinski definition) is 4. The highest BCUT2D eigenvalue weighted by atomic mass is 32.1. The van der Waals surface area contributed by atoms with E-state index in [9.17, 15) is 0 Å². The van der Waals surface area contributed by atoms with Crippen molar-refractivity contribution < 1.29 is 0 Å². The smallest absolute Gasteiger partial charge is 0.165 e. The van der Waals surface area contributed by atoms with Gasteiger partial charge in [-0.15, -0.1) is 11.3 Å². The first-order chi connectivity index (χ1) is 28.7. The van der Waals surface area contributed by atoms with Gasteiger partial charge in [0.25, 0.3) is 0 Å². The van der Waals surface area contributed by atoms with Gasteiger partial charge < -0.3 is 4.57 Å². The molecule has 0 saturated heterocycles. The lowest BCUT2D eigenvalue weighted by Gasteiger charge is -2.15. The fourth-order valence-electron chi connectivity index (χ4n) is 8.70. The van der Waals surface area contributed by atoms with Crippen LogP contribution in [0.4, 0.5) is 0 Å². The van der Waals surface area contributed by atoms with E-state index in [2.05, 4.69) is 193 Å². The number of thiophene rings is 1. The number of para-hydroxylation sites is 1. The van der Waals surface area contributed by atoms with E-state index >= 15 is 0 Å². The van der Waals surface area contributed by atoms with E-state index in [1.807, 2.05) is 6.07 Å². The Morgan fingerprint density at radius 2 is 0.948 bits per heavy atom. The third kappa shape index (κ3) is 5.18. The Bertz CT molecular complexity index is 3560. The lowest BCUT2D eigenvalue weighted by Crippen LogP contribution is -2.02. The monoisotopic (exact) mass is 756 g/mol. The summed E-state index contributed by atoms with van der Waals surface area (Å²) in [6.07, 6.45) is 0. The van der Waals surface area contributed by atoms with Crippen molar-refractivity contribution in [3.8, 4) is 51.0 Å². The molecule has 12 rings (SSSR count). The second-order valence-electron chi connectivity index (χ2n) is 14.8. The van der Waals surface area contributed by atoms with Gasteiger partial charge in [0.15, 0.2) is 17.5 Å². The molecule has 0 aliphatic heterocycles. The minimum absolute atomic E-state index is 0.639. The molecule has 0 spiro atoms. The molecule has 0 radical (unpaired) electrons. The average Bonchev–Trinajstić information content (AvgIpc) is 3.83. The molecule has 12 aromatic rings. The molecule has 4 nitrogen and oxygen atoms in total. The van der Waals surface area contributed by atoms with Crippen LogP contribution < -0.4 is 0 Å². The predicted molar refractivity (Wildman–Crippen MR) is 244 cm³/mol. The number of nitrogens with zero attached hydrogens (tertiary/aromatic N) is 4. The summed E-state index contributed by atoms with van der Waals surface area (Å²) in [6, 6.07) is 69.2. The van der Waals surface area contributed by atoms with Crippen molar-refractivity contribution in [3.63, 3.8) is 0 Å². The van der Waals surface area contributed by atoms with E-state index in [0.29, 0.717) is 17.5 Å². The minimum Gasteiger partial charge on any atom is -0.309 e. The highest BCUT2D eigenvalue weighted by Gasteiger charge is 2.20. The quantitative estimate of drug-likeness (QED) is 0.176. The molecule has 0 fully saturated rings. The zero-order valence-corrected chi connectivity index (χ0v) is 32.0. The molecule has 0 bridgehead atoms. The van der Waals surface area contributed by atoms with Crippen molar-refractivity contribution in [2.75, 3.05) is 0 Å². The van der Waals surface area contributed by atoms with Crippen LogP contribution in [0.25, 0.3) is 115 Å². The average molecular weight is 757 g/mol. The molecule has 0 aliphatic rings. The third-order valence-electron chi connectivity index (χ3n) is 11.5. The van der Waals surface area contributed by atoms with Gasteiger partial charge in [-0.3, -0.25) is 0 Å². The Balaban J connectivity index is 1.09. The fraction of sp³-hybridized carbons (Fsp3) is 0. The van der Waals surface area contributed by atoms with Gasteiger partial charge in [-0.1, -0.05) is 152 Å². The summed E-state index contributed by atoms with van der Waals surface area (Å²) in [7, 11) is 0. The van der Waals surface area contributed by atoms with Gasteiger partial charge in [0.1, 0.15) is 0 Å². The second kappa shape index (κ2) is 13.1. The maximum Gasteiger partial charge on any atom is 0.165 e. The lowest BCUT2D eigenvalue weighted by atomic mass is 10.0. The van der Waals surface area contributed by atoms with Gasteiger partial charge >= 0.3 is 0 Å². The van der Waals surface area contributed by atoms with Crippen molar-refractivity contribution >= 4 is 74.9 Å². The van der Waals surface area contributed by atoms with Crippen LogP contribution in [0.15, 0.2) is 194 Å². The molecule has 9 aromatic carbocycles. The molecule has 3 aromatic heterocycles. The SMILES string of the molecule is c1ccc(-c2ccc(-c3nc(-c4ccc(-n5c6ccccc6c6cc7ccccc7cc65)c5ccccc45)nc(-c4cccc5c4sc4ccccc45)n3)cc2)cc1. The summed E-state index contributed by atoms with van der Waals surface area (Å²) in [5.41, 5.74) is 8.68. The molecule has 3 heterocycles. The molecular weight excluding hydrogens is 725 g/mol. The second-order valence-corrected chi connectivity index (χ2v) is 15.8. The lowest BCUT2D eigenvalue weighted by molar-refractivity contribution is 1.08. The van der Waals surface area contributed by atoms with Gasteiger partial charge in [-0.05, 0) is 69.8 Å². The molecule has 0 unspecified atom stereocenters. The fourth-order valence-corrected chi connectivity index (χ4v) is 9.91. The zero-order chi connectivity index (χ0) is 38.2. The van der Waals surface area contributed by atoms with Gasteiger partial charge in [-0.25, -0.2) is 15.0 Å². The van der Waals surface area contributed by atoms with Gasteiger partial charge in [0, 0.05) is 53.0 Å². The van der Waals surface area contributed by atoms with Crippen molar-refractivity contribution in [3.05, 3.63) is 194 Å². The van der Waals surface area contributed by atoms with Crippen LogP contribution in [0.2, 0.25) is 0 Å². The van der Waals surface area contributed by atoms with Crippen LogP contribution in [0.1, 0.15) is 0 Å². The van der Waals surface area contributed by atoms with Crippen molar-refractivity contribution in [1.82, 2.24) is 19.5 Å². The van der Waals surface area contributed by atoms with Crippen molar-refractivity contribution in [1.29, 1.82) is 0 Å². The Morgan fingerprint density at radius 3 is 1.78 bits per heavy atom. The molecule has 0 amide bonds. The van der Waals surface area contributed by atoms with E-state index < -0.39 is 0 Å². The highest BCUT2D eigenvalue weighted by molar-refractivity contribution is 7.26. The Hall–Kier alpha value is -7.47. The molecular formula is C53H32N4S. The number of benzene rings is 9. The maximum atomic E-state index is 5.34. The van der Waals surface area contributed by atoms with Gasteiger partial charge in [0.2, 0.25) is 0 Å². The van der Waals surface area contributed by atoms with Crippen LogP contribution in [-0.2, 0) is 0 Å². The van der Waals surface area contributed by atoms with Crippen LogP contribution in [0, 0.1) is 0 Å². The summed E-state index contributed by atoms with van der Waals surface area (Å²) in [6.45, 7) is 0. The first-order valence-electron chi connectivity index (χ1n) is 19.5. The molecule has 270 valence electrons. The van der Waals surface area contributed by atoms with E-state index in [4.69, 9.17) is 15.0 Å². The largest absolute Gasteiger partial charge is 0.309 e. The van der Waals surface area contributed by atoms with Crippen LogP contribution >= 0.6 is 11.3 Å². The van der Waals surface area contributed by atoms with E-state index in [1.165, 1.54) is 58.3 Å². The summed E-state index contributed by atoms with van der Waals surface area (Å²) >= 11 is 1.79. The molecule has 58 heavy (non-hydrogen) atoms. The van der Waals surface area contributed by atoms with E-state index in [-0.39, 0.29) is 0 Å². The van der Waals surface area contributed by atoms with Crippen molar-refractivity contribution in [2.45, 2.75) is 0 Å². The highest BCUT2D eigenvalue weighted by Crippen LogP contribution is 2.42. The Labute approximate surface area is 338 Å². The minimum atomic E-state index is 0.639. The van der Waals surface area contributed by atoms with E-state index in [1.54, 1.807) is 11.3 Å². The van der Waals surface area contributed by atoms with Crippen molar-refractivity contribution in [2.24, 2.45) is 0 Å². The number of fused-ring (bicyclic) bond motifs is 8. The molecule has 0 saturated carbocycles. The zero-order valence-electron chi connectivity index (χ0n) is 31.2. The number of rotatable bonds is 5. The summed E-state index contributed by atoms with van der Waals surface area (Å²) in [5, 5.41) is 9.58. The van der Waals surface area contributed by atoms with Crippen LogP contribution in [-0.4, -0.2) is 19.5 Å². The normalized spacial score (nSPS) is 11.8. The topological polar surface area (TPSA) is 43.6 Å². The molecule has 0 aliphatic carbocycles. The van der Waals surface area contributed by atoms with Gasteiger partial charge in [-0.2, -0.15) is 0 Å². The summed E-state index contributed by atoms with van der Waals surface area (Å²) in [5.74, 6) is 1.94. The van der Waals surface area contributed by atoms with Crippen LogP contribution in [0.5, 0.6) is 0 Å². The number of aromatic nitrogens is 4.